The molecule has 0 unspecified atom stereocenters. The first-order chi connectivity index (χ1) is 7.98. The van der Waals surface area contributed by atoms with E-state index in [4.69, 9.17) is 5.11 Å². The van der Waals surface area contributed by atoms with Crippen LogP contribution in [0.25, 0.3) is 0 Å². The number of benzene rings is 1. The molecule has 90 valence electrons. The second-order valence-corrected chi connectivity index (χ2v) is 5.44. The highest BCUT2D eigenvalue weighted by Gasteiger charge is 2.34. The number of hydrogen-bond donors (Lipinski definition) is 1. The smallest absolute Gasteiger partial charge is 0.349 e. The molecule has 1 aliphatic rings. The van der Waals surface area contributed by atoms with E-state index in [1.54, 1.807) is 23.1 Å². The number of rotatable bonds is 2. The number of carboxylic acids is 1. The van der Waals surface area contributed by atoms with Gasteiger partial charge >= 0.3 is 5.97 Å². The van der Waals surface area contributed by atoms with Gasteiger partial charge in [0.15, 0.2) is 4.91 Å². The fourth-order valence-corrected chi connectivity index (χ4v) is 3.20. The third kappa shape index (κ3) is 1.70. The molecule has 1 heterocycles. The van der Waals surface area contributed by atoms with Gasteiger partial charge in [0.25, 0.3) is 0 Å². The molecule has 0 saturated carbocycles. The maximum Gasteiger partial charge on any atom is 0.349 e. The Balaban J connectivity index is 2.74. The molecule has 0 fully saturated rings. The summed E-state index contributed by atoms with van der Waals surface area (Å²) in [6.45, 7) is 2.33. The standard InChI is InChI=1S/C11H11NO4S/c1-2-12-7-10(11(13)14)17(15,16)9-6-4-3-5-8(9)12/h3-7H,2H2,1H3,(H,13,14). The second-order valence-electron chi connectivity index (χ2n) is 3.56. The van der Waals surface area contributed by atoms with Crippen LogP contribution in [0.5, 0.6) is 0 Å². The first-order valence-corrected chi connectivity index (χ1v) is 6.52. The molecule has 6 heteroatoms. The van der Waals surface area contributed by atoms with E-state index in [2.05, 4.69) is 0 Å². The van der Waals surface area contributed by atoms with Crippen molar-refractivity contribution in [2.45, 2.75) is 11.8 Å². The van der Waals surface area contributed by atoms with Crippen molar-refractivity contribution < 1.29 is 18.3 Å². The number of sulfone groups is 1. The molecule has 0 spiro atoms. The molecule has 0 atom stereocenters. The number of hydrogen-bond acceptors (Lipinski definition) is 4. The van der Waals surface area contributed by atoms with Crippen molar-refractivity contribution in [2.24, 2.45) is 0 Å². The molecule has 0 aromatic heterocycles. The molecule has 0 radical (unpaired) electrons. The molecule has 0 saturated heterocycles. The van der Waals surface area contributed by atoms with Gasteiger partial charge in [0.1, 0.15) is 0 Å². The highest BCUT2D eigenvalue weighted by Crippen LogP contribution is 2.34. The summed E-state index contributed by atoms with van der Waals surface area (Å²) < 4.78 is 24.1. The van der Waals surface area contributed by atoms with Gasteiger partial charge in [0.05, 0.1) is 10.6 Å². The zero-order valence-electron chi connectivity index (χ0n) is 9.12. The van der Waals surface area contributed by atoms with E-state index in [9.17, 15) is 13.2 Å². The van der Waals surface area contributed by atoms with Crippen LogP contribution in [0.15, 0.2) is 40.3 Å². The Morgan fingerprint density at radius 2 is 2.00 bits per heavy atom. The minimum atomic E-state index is -3.91. The molecule has 17 heavy (non-hydrogen) atoms. The summed E-state index contributed by atoms with van der Waals surface area (Å²) in [7, 11) is -3.91. The number of fused-ring (bicyclic) bond motifs is 1. The summed E-state index contributed by atoms with van der Waals surface area (Å²) in [5.41, 5.74) is 0.514. The number of nitrogens with zero attached hydrogens (tertiary/aromatic N) is 1. The van der Waals surface area contributed by atoms with E-state index in [1.165, 1.54) is 12.3 Å². The van der Waals surface area contributed by atoms with E-state index >= 15 is 0 Å². The lowest BCUT2D eigenvalue weighted by Crippen LogP contribution is -2.28. The number of para-hydroxylation sites is 1. The van der Waals surface area contributed by atoms with Crippen LogP contribution in [0.1, 0.15) is 6.92 Å². The molecule has 1 aliphatic heterocycles. The first-order valence-electron chi connectivity index (χ1n) is 5.04. The van der Waals surface area contributed by atoms with Crippen molar-refractivity contribution in [3.63, 3.8) is 0 Å². The van der Waals surface area contributed by atoms with Gasteiger partial charge in [-0.25, -0.2) is 13.2 Å². The van der Waals surface area contributed by atoms with E-state index in [0.29, 0.717) is 12.2 Å². The van der Waals surface area contributed by atoms with Crippen LogP contribution in [0.2, 0.25) is 0 Å². The van der Waals surface area contributed by atoms with Gasteiger partial charge in [-0.1, -0.05) is 12.1 Å². The van der Waals surface area contributed by atoms with Crippen LogP contribution in [-0.4, -0.2) is 26.0 Å². The normalized spacial score (nSPS) is 17.2. The van der Waals surface area contributed by atoms with Crippen LogP contribution >= 0.6 is 0 Å². The summed E-state index contributed by atoms with van der Waals surface area (Å²) in [6.07, 6.45) is 1.17. The van der Waals surface area contributed by atoms with Crippen LogP contribution < -0.4 is 4.90 Å². The van der Waals surface area contributed by atoms with Crippen molar-refractivity contribution in [2.75, 3.05) is 11.4 Å². The topological polar surface area (TPSA) is 74.7 Å². The molecule has 0 bridgehead atoms. The molecule has 1 aromatic rings. The van der Waals surface area contributed by atoms with E-state index in [-0.39, 0.29) is 4.90 Å². The molecule has 1 aromatic carbocycles. The average molecular weight is 253 g/mol. The van der Waals surface area contributed by atoms with E-state index in [1.807, 2.05) is 6.92 Å². The Kier molecular flexibility index (Phi) is 2.66. The fraction of sp³-hybridized carbons (Fsp3) is 0.182. The van der Waals surface area contributed by atoms with Crippen molar-refractivity contribution in [3.8, 4) is 0 Å². The molecular formula is C11H11NO4S. The molecule has 0 aliphatic carbocycles. The summed E-state index contributed by atoms with van der Waals surface area (Å²) in [6, 6.07) is 6.38. The zero-order valence-corrected chi connectivity index (χ0v) is 9.94. The molecule has 1 N–H and O–H groups in total. The Bertz CT molecular complexity index is 604. The molecule has 0 amide bonds. The zero-order chi connectivity index (χ0) is 12.6. The maximum absolute atomic E-state index is 12.0. The number of carboxylic acid groups (broad SMARTS) is 1. The lowest BCUT2D eigenvalue weighted by molar-refractivity contribution is -0.131. The third-order valence-electron chi connectivity index (χ3n) is 2.58. The van der Waals surface area contributed by atoms with Crippen LogP contribution in [0.4, 0.5) is 5.69 Å². The lowest BCUT2D eigenvalue weighted by Gasteiger charge is -2.26. The Morgan fingerprint density at radius 1 is 1.35 bits per heavy atom. The third-order valence-corrected chi connectivity index (χ3v) is 4.36. The van der Waals surface area contributed by atoms with Crippen LogP contribution in [0.3, 0.4) is 0 Å². The van der Waals surface area contributed by atoms with Crippen LogP contribution in [-0.2, 0) is 14.6 Å². The minimum Gasteiger partial charge on any atom is -0.477 e. The minimum absolute atomic E-state index is 0.0433. The maximum atomic E-state index is 12.0. The number of aliphatic carboxylic acids is 1. The average Bonchev–Trinajstić information content (AvgIpc) is 2.29. The number of anilines is 1. The highest BCUT2D eigenvalue weighted by atomic mass is 32.2. The highest BCUT2D eigenvalue weighted by molar-refractivity contribution is 7.96. The van der Waals surface area contributed by atoms with Crippen molar-refractivity contribution >= 4 is 21.5 Å². The van der Waals surface area contributed by atoms with Gasteiger partial charge in [0, 0.05) is 12.7 Å². The Morgan fingerprint density at radius 3 is 2.59 bits per heavy atom. The largest absolute Gasteiger partial charge is 0.477 e. The summed E-state index contributed by atoms with van der Waals surface area (Å²) >= 11 is 0. The Hall–Kier alpha value is -1.82. The second kappa shape index (κ2) is 3.89. The number of carbonyl (C=O) groups is 1. The molecule has 2 rings (SSSR count). The first kappa shape index (κ1) is 11.7. The quantitative estimate of drug-likeness (QED) is 0.858. The van der Waals surface area contributed by atoms with Gasteiger partial charge in [0.2, 0.25) is 9.84 Å². The van der Waals surface area contributed by atoms with Gasteiger partial charge in [-0.05, 0) is 19.1 Å². The molecular weight excluding hydrogens is 242 g/mol. The van der Waals surface area contributed by atoms with Gasteiger partial charge in [-0.2, -0.15) is 0 Å². The van der Waals surface area contributed by atoms with Gasteiger partial charge in [-0.3, -0.25) is 0 Å². The van der Waals surface area contributed by atoms with Gasteiger partial charge in [-0.15, -0.1) is 0 Å². The monoisotopic (exact) mass is 253 g/mol. The van der Waals surface area contributed by atoms with Crippen molar-refractivity contribution in [1.29, 1.82) is 0 Å². The molecule has 5 nitrogen and oxygen atoms in total. The van der Waals surface area contributed by atoms with Crippen molar-refractivity contribution in [1.82, 2.24) is 0 Å². The van der Waals surface area contributed by atoms with Gasteiger partial charge < -0.3 is 10.0 Å². The predicted molar refractivity (Wildman–Crippen MR) is 62.4 cm³/mol. The summed E-state index contributed by atoms with van der Waals surface area (Å²) in [5, 5.41) is 8.94. The Labute approximate surface area is 98.9 Å². The predicted octanol–water partition coefficient (Wildman–Crippen LogP) is 1.23. The van der Waals surface area contributed by atoms with Crippen molar-refractivity contribution in [3.05, 3.63) is 35.4 Å². The van der Waals surface area contributed by atoms with E-state index < -0.39 is 20.7 Å². The fourth-order valence-electron chi connectivity index (χ4n) is 1.75. The summed E-state index contributed by atoms with van der Waals surface area (Å²) in [4.78, 5) is 12.0. The SMILES string of the molecule is CCN1C=C(C(=O)O)S(=O)(=O)c2ccccc21. The lowest BCUT2D eigenvalue weighted by atomic mass is 10.3. The van der Waals surface area contributed by atoms with Crippen LogP contribution in [0, 0.1) is 0 Å². The van der Waals surface area contributed by atoms with E-state index in [0.717, 1.165) is 0 Å². The summed E-state index contributed by atoms with van der Waals surface area (Å²) in [5.74, 6) is -1.43.